The number of ether oxygens (including phenoxy) is 1. The van der Waals surface area contributed by atoms with Gasteiger partial charge in [0.2, 0.25) is 0 Å². The number of hydrogen-bond acceptors (Lipinski definition) is 6. The summed E-state index contributed by atoms with van der Waals surface area (Å²) in [5.74, 6) is 0.687. The number of anilines is 1. The van der Waals surface area contributed by atoms with Gasteiger partial charge >= 0.3 is 5.69 Å². The lowest BCUT2D eigenvalue weighted by atomic mass is 10.1. The first-order chi connectivity index (χ1) is 10.2. The van der Waals surface area contributed by atoms with Gasteiger partial charge in [0.05, 0.1) is 4.92 Å². The summed E-state index contributed by atoms with van der Waals surface area (Å²) in [6, 6.07) is 3.03. The largest absolute Gasteiger partial charge is 0.471 e. The topological polar surface area (TPSA) is 80.5 Å². The summed E-state index contributed by atoms with van der Waals surface area (Å²) in [4.78, 5) is 17.0. The van der Waals surface area contributed by atoms with Gasteiger partial charge in [0.15, 0.2) is 0 Å². The van der Waals surface area contributed by atoms with Crippen molar-refractivity contribution in [2.24, 2.45) is 0 Å². The molecule has 0 spiro atoms. The molecule has 2 heterocycles. The first kappa shape index (κ1) is 15.5. The Balaban J connectivity index is 1.95. The highest BCUT2D eigenvalue weighted by molar-refractivity contribution is 5.49. The third-order valence-electron chi connectivity index (χ3n) is 3.49. The van der Waals surface area contributed by atoms with Gasteiger partial charge in [-0.15, -0.1) is 0 Å². The summed E-state index contributed by atoms with van der Waals surface area (Å²) >= 11 is 0. The van der Waals surface area contributed by atoms with Crippen LogP contribution in [0.2, 0.25) is 0 Å². The number of piperidine rings is 1. The number of nitro groups is 1. The van der Waals surface area contributed by atoms with E-state index in [4.69, 9.17) is 4.74 Å². The zero-order valence-electron chi connectivity index (χ0n) is 12.4. The monoisotopic (exact) mass is 294 g/mol. The van der Waals surface area contributed by atoms with Gasteiger partial charge in [0.25, 0.3) is 5.88 Å². The Morgan fingerprint density at radius 2 is 2.14 bits per heavy atom. The third-order valence-corrected chi connectivity index (χ3v) is 3.49. The van der Waals surface area contributed by atoms with E-state index in [1.54, 1.807) is 6.07 Å². The van der Waals surface area contributed by atoms with Crippen LogP contribution >= 0.6 is 0 Å². The highest BCUT2D eigenvalue weighted by Crippen LogP contribution is 2.26. The Bertz CT molecular complexity index is 475. The smallest absolute Gasteiger partial charge is 0.331 e. The van der Waals surface area contributed by atoms with Crippen LogP contribution in [0.25, 0.3) is 0 Å². The average molecular weight is 294 g/mol. The SMILES string of the molecule is CCNc1ccc([N+](=O)[O-])c(OCCN2CCCCC2)n1. The Morgan fingerprint density at radius 1 is 1.38 bits per heavy atom. The quantitative estimate of drug-likeness (QED) is 0.614. The number of rotatable bonds is 7. The Kier molecular flexibility index (Phi) is 5.74. The third kappa shape index (κ3) is 4.56. The second kappa shape index (κ2) is 7.78. The van der Waals surface area contributed by atoms with Crippen molar-refractivity contribution in [3.8, 4) is 5.88 Å². The zero-order chi connectivity index (χ0) is 15.1. The molecule has 0 amide bonds. The summed E-state index contributed by atoms with van der Waals surface area (Å²) in [6.07, 6.45) is 3.72. The number of likely N-dealkylation sites (tertiary alicyclic amines) is 1. The van der Waals surface area contributed by atoms with Crippen LogP contribution in [-0.4, -0.2) is 47.6 Å². The second-order valence-electron chi connectivity index (χ2n) is 5.06. The highest BCUT2D eigenvalue weighted by Gasteiger charge is 2.18. The first-order valence-corrected chi connectivity index (χ1v) is 7.45. The van der Waals surface area contributed by atoms with E-state index < -0.39 is 4.92 Å². The lowest BCUT2D eigenvalue weighted by Gasteiger charge is -2.25. The zero-order valence-corrected chi connectivity index (χ0v) is 12.4. The van der Waals surface area contributed by atoms with E-state index in [-0.39, 0.29) is 11.6 Å². The van der Waals surface area contributed by atoms with Gasteiger partial charge in [-0.3, -0.25) is 15.0 Å². The summed E-state index contributed by atoms with van der Waals surface area (Å²) in [5, 5.41) is 14.0. The number of aromatic nitrogens is 1. The van der Waals surface area contributed by atoms with E-state index in [0.29, 0.717) is 19.0 Å². The van der Waals surface area contributed by atoms with Crippen molar-refractivity contribution in [3.05, 3.63) is 22.2 Å². The molecule has 2 rings (SSSR count). The Morgan fingerprint density at radius 3 is 2.81 bits per heavy atom. The summed E-state index contributed by atoms with van der Waals surface area (Å²) < 4.78 is 5.55. The van der Waals surface area contributed by atoms with Gasteiger partial charge in [-0.05, 0) is 38.9 Å². The average Bonchev–Trinajstić information content (AvgIpc) is 2.49. The number of nitrogens with zero attached hydrogens (tertiary/aromatic N) is 3. The standard InChI is InChI=1S/C14H22N4O3/c1-2-15-13-7-6-12(18(19)20)14(16-13)21-11-10-17-8-4-3-5-9-17/h6-7H,2-5,8-11H2,1H3,(H,15,16). The molecule has 1 aromatic heterocycles. The van der Waals surface area contributed by atoms with E-state index in [1.165, 1.54) is 25.3 Å². The predicted octanol–water partition coefficient (Wildman–Crippen LogP) is 2.29. The summed E-state index contributed by atoms with van der Waals surface area (Å²) in [5.41, 5.74) is -0.0877. The molecular weight excluding hydrogens is 272 g/mol. The Hall–Kier alpha value is -1.89. The van der Waals surface area contributed by atoms with E-state index in [1.807, 2.05) is 6.92 Å². The molecule has 0 aromatic carbocycles. The molecule has 1 aliphatic heterocycles. The van der Waals surface area contributed by atoms with Crippen LogP contribution in [0.4, 0.5) is 11.5 Å². The fourth-order valence-corrected chi connectivity index (χ4v) is 2.41. The number of nitrogens with one attached hydrogen (secondary N) is 1. The maximum atomic E-state index is 11.0. The molecule has 1 aliphatic rings. The van der Waals surface area contributed by atoms with Gasteiger partial charge in [0, 0.05) is 19.2 Å². The molecule has 1 saturated heterocycles. The fraction of sp³-hybridized carbons (Fsp3) is 0.643. The van der Waals surface area contributed by atoms with E-state index in [2.05, 4.69) is 15.2 Å². The first-order valence-electron chi connectivity index (χ1n) is 7.45. The fourth-order valence-electron chi connectivity index (χ4n) is 2.41. The minimum atomic E-state index is -0.459. The molecule has 0 bridgehead atoms. The van der Waals surface area contributed by atoms with Crippen LogP contribution in [-0.2, 0) is 0 Å². The minimum absolute atomic E-state index is 0.0877. The van der Waals surface area contributed by atoms with Crippen LogP contribution < -0.4 is 10.1 Å². The predicted molar refractivity (Wildman–Crippen MR) is 80.8 cm³/mol. The molecule has 7 heteroatoms. The van der Waals surface area contributed by atoms with E-state index in [0.717, 1.165) is 19.6 Å². The lowest BCUT2D eigenvalue weighted by molar-refractivity contribution is -0.386. The van der Waals surface area contributed by atoms with E-state index in [9.17, 15) is 10.1 Å². The van der Waals surface area contributed by atoms with Crippen molar-refractivity contribution in [3.63, 3.8) is 0 Å². The van der Waals surface area contributed by atoms with Gasteiger partial charge in [0.1, 0.15) is 12.4 Å². The van der Waals surface area contributed by atoms with Gasteiger partial charge < -0.3 is 10.1 Å². The normalized spacial score (nSPS) is 15.7. The molecule has 1 aromatic rings. The molecule has 1 fully saturated rings. The molecule has 116 valence electrons. The molecule has 21 heavy (non-hydrogen) atoms. The maximum absolute atomic E-state index is 11.0. The molecule has 1 N–H and O–H groups in total. The van der Waals surface area contributed by atoms with Crippen LogP contribution in [0, 0.1) is 10.1 Å². The van der Waals surface area contributed by atoms with Crippen molar-refractivity contribution in [1.29, 1.82) is 0 Å². The highest BCUT2D eigenvalue weighted by atomic mass is 16.6. The van der Waals surface area contributed by atoms with Crippen LogP contribution in [0.15, 0.2) is 12.1 Å². The van der Waals surface area contributed by atoms with Crippen LogP contribution in [0.1, 0.15) is 26.2 Å². The van der Waals surface area contributed by atoms with E-state index >= 15 is 0 Å². The van der Waals surface area contributed by atoms with Crippen LogP contribution in [0.3, 0.4) is 0 Å². The van der Waals surface area contributed by atoms with Crippen molar-refractivity contribution < 1.29 is 9.66 Å². The maximum Gasteiger partial charge on any atom is 0.331 e. The second-order valence-corrected chi connectivity index (χ2v) is 5.06. The Labute approximate surface area is 124 Å². The number of pyridine rings is 1. The van der Waals surface area contributed by atoms with Crippen molar-refractivity contribution in [2.75, 3.05) is 38.1 Å². The minimum Gasteiger partial charge on any atom is -0.471 e. The summed E-state index contributed by atoms with van der Waals surface area (Å²) in [6.45, 7) is 6.01. The molecule has 0 atom stereocenters. The van der Waals surface area contributed by atoms with Gasteiger partial charge in [-0.1, -0.05) is 6.42 Å². The molecule has 0 aliphatic carbocycles. The molecule has 0 unspecified atom stereocenters. The summed E-state index contributed by atoms with van der Waals surface area (Å²) in [7, 11) is 0. The van der Waals surface area contributed by atoms with Crippen LogP contribution in [0.5, 0.6) is 5.88 Å². The van der Waals surface area contributed by atoms with Crippen molar-refractivity contribution in [2.45, 2.75) is 26.2 Å². The lowest BCUT2D eigenvalue weighted by Crippen LogP contribution is -2.33. The molecular formula is C14H22N4O3. The molecule has 0 saturated carbocycles. The molecule has 0 radical (unpaired) electrons. The number of hydrogen-bond donors (Lipinski definition) is 1. The molecule has 7 nitrogen and oxygen atoms in total. The van der Waals surface area contributed by atoms with Gasteiger partial charge in [-0.25, -0.2) is 0 Å². The van der Waals surface area contributed by atoms with Gasteiger partial charge in [-0.2, -0.15) is 4.98 Å². The van der Waals surface area contributed by atoms with Crippen molar-refractivity contribution >= 4 is 11.5 Å². The van der Waals surface area contributed by atoms with Crippen molar-refractivity contribution in [1.82, 2.24) is 9.88 Å².